The second-order valence-corrected chi connectivity index (χ2v) is 13.7. The van der Waals surface area contributed by atoms with Crippen LogP contribution in [0.15, 0.2) is 32.0 Å². The van der Waals surface area contributed by atoms with Gasteiger partial charge in [-0.05, 0) is 59.1 Å². The number of fused-ring (bicyclic) bond motifs is 3. The average Bonchev–Trinajstić information content (AvgIpc) is 3.39. The summed E-state index contributed by atoms with van der Waals surface area (Å²) in [6.07, 6.45) is 11.0. The van der Waals surface area contributed by atoms with E-state index >= 15 is 0 Å². The van der Waals surface area contributed by atoms with Crippen molar-refractivity contribution in [1.29, 1.82) is 0 Å². The molecule has 1 aliphatic rings. The Labute approximate surface area is 177 Å². The predicted octanol–water partition coefficient (Wildman–Crippen LogP) is 9.45. The molecular weight excluding hydrogens is 384 g/mol. The fourth-order valence-corrected chi connectivity index (χ4v) is 13.3. The molecule has 3 rings (SSSR count). The van der Waals surface area contributed by atoms with Gasteiger partial charge in [-0.15, -0.1) is 22.7 Å². The molecule has 0 N–H and O–H groups in total. The Morgan fingerprint density at radius 1 is 0.815 bits per heavy atom. The van der Waals surface area contributed by atoms with Crippen molar-refractivity contribution in [2.45, 2.75) is 88.2 Å². The van der Waals surface area contributed by atoms with Crippen molar-refractivity contribution in [1.82, 2.24) is 0 Å². The van der Waals surface area contributed by atoms with E-state index in [0.29, 0.717) is 0 Å². The van der Waals surface area contributed by atoms with Crippen molar-refractivity contribution in [2.24, 2.45) is 11.8 Å². The molecule has 0 spiro atoms. The second-order valence-electron chi connectivity index (χ2n) is 8.29. The van der Waals surface area contributed by atoms with Crippen LogP contribution in [0.4, 0.5) is 0 Å². The zero-order chi connectivity index (χ0) is 19.3. The molecule has 2 aromatic rings. The maximum atomic E-state index is 2.52. The SMILES string of the molecule is CCCCC(CC)CS1(CC(CC)CCCC)c2ccsc2-c2ccsc21. The smallest absolute Gasteiger partial charge is 0.0556 e. The topological polar surface area (TPSA) is 0 Å². The lowest BCUT2D eigenvalue weighted by Gasteiger charge is -2.42. The quantitative estimate of drug-likeness (QED) is 0.319. The van der Waals surface area contributed by atoms with Crippen LogP contribution in [-0.4, -0.2) is 11.5 Å². The monoisotopic (exact) mass is 422 g/mol. The molecule has 0 nitrogen and oxygen atoms in total. The molecule has 0 amide bonds. The Hall–Kier alpha value is -0.250. The van der Waals surface area contributed by atoms with E-state index in [4.69, 9.17) is 0 Å². The fraction of sp³-hybridized carbons (Fsp3) is 0.667. The van der Waals surface area contributed by atoms with Gasteiger partial charge in [0.2, 0.25) is 0 Å². The molecule has 2 atom stereocenters. The van der Waals surface area contributed by atoms with Crippen molar-refractivity contribution < 1.29 is 0 Å². The van der Waals surface area contributed by atoms with Crippen LogP contribution >= 0.6 is 32.7 Å². The molecule has 0 saturated heterocycles. The van der Waals surface area contributed by atoms with E-state index in [1.807, 2.05) is 11.3 Å². The first-order valence-electron chi connectivity index (χ1n) is 11.1. The van der Waals surface area contributed by atoms with Gasteiger partial charge < -0.3 is 0 Å². The maximum absolute atomic E-state index is 2.52. The molecule has 1 aliphatic heterocycles. The van der Waals surface area contributed by atoms with Crippen molar-refractivity contribution in [3.63, 3.8) is 0 Å². The molecule has 0 saturated carbocycles. The van der Waals surface area contributed by atoms with Crippen LogP contribution in [0.3, 0.4) is 0 Å². The van der Waals surface area contributed by atoms with Gasteiger partial charge in [0.25, 0.3) is 0 Å². The minimum atomic E-state index is -0.848. The Bertz CT molecular complexity index is 636. The van der Waals surface area contributed by atoms with E-state index in [1.165, 1.54) is 62.9 Å². The van der Waals surface area contributed by atoms with Gasteiger partial charge in [-0.2, -0.15) is 10.0 Å². The first kappa shape index (κ1) is 21.5. The zero-order valence-corrected chi connectivity index (χ0v) is 20.2. The molecule has 3 heteroatoms. The summed E-state index contributed by atoms with van der Waals surface area (Å²) in [5.74, 6) is 4.68. The van der Waals surface area contributed by atoms with E-state index in [-0.39, 0.29) is 0 Å². The predicted molar refractivity (Wildman–Crippen MR) is 128 cm³/mol. The van der Waals surface area contributed by atoms with Crippen molar-refractivity contribution in [2.75, 3.05) is 11.5 Å². The Morgan fingerprint density at radius 2 is 1.41 bits per heavy atom. The third-order valence-corrected chi connectivity index (χ3v) is 13.6. The molecule has 3 heterocycles. The molecule has 0 aliphatic carbocycles. The maximum Gasteiger partial charge on any atom is 0.0556 e. The van der Waals surface area contributed by atoms with Crippen LogP contribution in [0.25, 0.3) is 10.4 Å². The van der Waals surface area contributed by atoms with Gasteiger partial charge in [-0.3, -0.25) is 0 Å². The summed E-state index contributed by atoms with van der Waals surface area (Å²) in [6.45, 7) is 9.55. The summed E-state index contributed by atoms with van der Waals surface area (Å²) < 4.78 is 1.79. The van der Waals surface area contributed by atoms with E-state index in [0.717, 1.165) is 11.8 Å². The third-order valence-electron chi connectivity index (χ3n) is 6.41. The summed E-state index contributed by atoms with van der Waals surface area (Å²) in [6, 6.07) is 4.94. The van der Waals surface area contributed by atoms with Gasteiger partial charge in [-0.1, -0.05) is 66.2 Å². The lowest BCUT2D eigenvalue weighted by Crippen LogP contribution is -2.20. The van der Waals surface area contributed by atoms with E-state index in [1.54, 1.807) is 19.5 Å². The van der Waals surface area contributed by atoms with Gasteiger partial charge in [0.1, 0.15) is 0 Å². The molecular formula is C24H38S3. The number of unbranched alkanes of at least 4 members (excludes halogenated alkanes) is 2. The third kappa shape index (κ3) is 4.36. The van der Waals surface area contributed by atoms with Crippen molar-refractivity contribution in [3.8, 4) is 10.4 Å². The van der Waals surface area contributed by atoms with Crippen molar-refractivity contribution in [3.05, 3.63) is 22.9 Å². The highest BCUT2D eigenvalue weighted by atomic mass is 32.3. The molecule has 27 heavy (non-hydrogen) atoms. The number of hydrogen-bond acceptors (Lipinski definition) is 2. The Morgan fingerprint density at radius 3 is 1.96 bits per heavy atom. The van der Waals surface area contributed by atoms with Crippen molar-refractivity contribution >= 4 is 32.7 Å². The second kappa shape index (κ2) is 9.98. The number of thiophene rings is 2. The van der Waals surface area contributed by atoms with E-state index < -0.39 is 10.0 Å². The summed E-state index contributed by atoms with van der Waals surface area (Å²) in [5, 5.41) is 4.74. The molecule has 0 radical (unpaired) electrons. The lowest BCUT2D eigenvalue weighted by atomic mass is 10.0. The van der Waals surface area contributed by atoms with Crippen LogP contribution in [0.2, 0.25) is 0 Å². The van der Waals surface area contributed by atoms with Gasteiger partial charge in [-0.25, -0.2) is 0 Å². The molecule has 0 fully saturated rings. The fourth-order valence-electron chi connectivity index (χ4n) is 4.67. The van der Waals surface area contributed by atoms with Gasteiger partial charge >= 0.3 is 0 Å². The summed E-state index contributed by atoms with van der Waals surface area (Å²) in [7, 11) is -0.848. The standard InChI is InChI=1S/C24H38S3/c1-5-9-11-19(7-3)17-27(18-20(8-4)12-10-6-2)22-14-16-25-23(22)21-13-15-26-24(21)27/h13-16,19-20H,5-12,17-18H2,1-4H3. The van der Waals surface area contributed by atoms with Crippen LogP contribution in [0, 0.1) is 11.8 Å². The highest BCUT2D eigenvalue weighted by Crippen LogP contribution is 2.75. The highest BCUT2D eigenvalue weighted by Gasteiger charge is 2.42. The first-order chi connectivity index (χ1) is 13.2. The summed E-state index contributed by atoms with van der Waals surface area (Å²) in [5.41, 5.74) is 1.61. The summed E-state index contributed by atoms with van der Waals surface area (Å²) >= 11 is 4.07. The minimum absolute atomic E-state index is 0.848. The molecule has 0 aromatic carbocycles. The van der Waals surface area contributed by atoms with Crippen LogP contribution < -0.4 is 0 Å². The van der Waals surface area contributed by atoms with Crippen LogP contribution in [0.1, 0.15) is 79.1 Å². The van der Waals surface area contributed by atoms with Gasteiger partial charge in [0.05, 0.1) is 4.21 Å². The lowest BCUT2D eigenvalue weighted by molar-refractivity contribution is 0.485. The Balaban J connectivity index is 1.97. The Kier molecular flexibility index (Phi) is 7.93. The van der Waals surface area contributed by atoms with E-state index in [2.05, 4.69) is 61.9 Å². The molecule has 0 bridgehead atoms. The molecule has 2 unspecified atom stereocenters. The van der Waals surface area contributed by atoms with Crippen LogP contribution in [-0.2, 0) is 0 Å². The van der Waals surface area contributed by atoms with Gasteiger partial charge in [0, 0.05) is 15.3 Å². The average molecular weight is 423 g/mol. The minimum Gasteiger partial charge on any atom is -0.176 e. The first-order valence-corrected chi connectivity index (χ1v) is 14.9. The molecule has 152 valence electrons. The number of hydrogen-bond donors (Lipinski definition) is 0. The highest BCUT2D eigenvalue weighted by molar-refractivity contribution is 8.35. The normalized spacial score (nSPS) is 22.8. The zero-order valence-electron chi connectivity index (χ0n) is 17.8. The largest absolute Gasteiger partial charge is 0.176 e. The summed E-state index contributed by atoms with van der Waals surface area (Å²) in [4.78, 5) is 3.39. The van der Waals surface area contributed by atoms with Crippen LogP contribution in [0.5, 0.6) is 0 Å². The number of rotatable bonds is 12. The molecule has 2 aromatic heterocycles. The van der Waals surface area contributed by atoms with Gasteiger partial charge in [0.15, 0.2) is 0 Å². The van der Waals surface area contributed by atoms with E-state index in [9.17, 15) is 0 Å².